The quantitative estimate of drug-likeness (QED) is 0.217. The van der Waals surface area contributed by atoms with Crippen LogP contribution in [0.1, 0.15) is 43.1 Å². The van der Waals surface area contributed by atoms with E-state index in [9.17, 15) is 18.8 Å². The molecule has 6 N–H and O–H groups in total. The number of rotatable bonds is 7. The molecule has 1 aliphatic heterocycles. The zero-order valence-corrected chi connectivity index (χ0v) is 24.5. The molecule has 0 bridgehead atoms. The van der Waals surface area contributed by atoms with Crippen LogP contribution in [0.3, 0.4) is 0 Å². The van der Waals surface area contributed by atoms with Gasteiger partial charge in [0.1, 0.15) is 5.82 Å². The van der Waals surface area contributed by atoms with Crippen molar-refractivity contribution in [1.82, 2.24) is 14.8 Å². The highest BCUT2D eigenvalue weighted by Crippen LogP contribution is 2.39. The number of nitrogens with zero attached hydrogens (tertiary/aromatic N) is 2. The van der Waals surface area contributed by atoms with Gasteiger partial charge in [-0.15, -0.1) is 0 Å². The summed E-state index contributed by atoms with van der Waals surface area (Å²) in [4.78, 5) is 46.3. The van der Waals surface area contributed by atoms with E-state index in [0.29, 0.717) is 39.0 Å². The van der Waals surface area contributed by atoms with E-state index >= 15 is 0 Å². The maximum Gasteiger partial charge on any atom is 0.255 e. The lowest BCUT2D eigenvalue weighted by Crippen LogP contribution is -2.38. The highest BCUT2D eigenvalue weighted by molar-refractivity contribution is 6.20. The number of H-pyrrole nitrogens is 1. The van der Waals surface area contributed by atoms with Gasteiger partial charge in [-0.25, -0.2) is 4.39 Å². The lowest BCUT2D eigenvalue weighted by atomic mass is 9.92. The molecule has 0 saturated carbocycles. The van der Waals surface area contributed by atoms with E-state index in [1.807, 2.05) is 44.4 Å². The molecule has 5 aromatic rings. The van der Waals surface area contributed by atoms with Crippen molar-refractivity contribution >= 4 is 45.2 Å². The van der Waals surface area contributed by atoms with Crippen LogP contribution >= 0.6 is 0 Å². The van der Waals surface area contributed by atoms with E-state index < -0.39 is 17.6 Å². The summed E-state index contributed by atoms with van der Waals surface area (Å²) in [7, 11) is 3.88. The first kappa shape index (κ1) is 29.0. The van der Waals surface area contributed by atoms with Crippen LogP contribution in [-0.2, 0) is 6.54 Å². The Morgan fingerprint density at radius 2 is 1.77 bits per heavy atom. The van der Waals surface area contributed by atoms with E-state index in [4.69, 9.17) is 11.5 Å². The predicted octanol–water partition coefficient (Wildman–Crippen LogP) is 4.71. The summed E-state index contributed by atoms with van der Waals surface area (Å²) < 4.78 is 13.4. The van der Waals surface area contributed by atoms with Crippen molar-refractivity contribution in [2.45, 2.75) is 19.0 Å². The third kappa shape index (κ3) is 5.18. The summed E-state index contributed by atoms with van der Waals surface area (Å²) in [5.41, 5.74) is 17.1. The molecule has 1 aromatic heterocycles. The summed E-state index contributed by atoms with van der Waals surface area (Å²) in [6.45, 7) is 1.89. The number of likely N-dealkylation sites (tertiary alicyclic amines) is 1. The fourth-order valence-corrected chi connectivity index (χ4v) is 6.14. The maximum atomic E-state index is 13.4. The van der Waals surface area contributed by atoms with Crippen LogP contribution in [-0.4, -0.2) is 65.7 Å². The van der Waals surface area contributed by atoms with Gasteiger partial charge in [0.15, 0.2) is 0 Å². The Bertz CT molecular complexity index is 1930. The first-order valence-corrected chi connectivity index (χ1v) is 14.4. The van der Waals surface area contributed by atoms with Crippen LogP contribution in [0.2, 0.25) is 0 Å². The third-order valence-electron chi connectivity index (χ3n) is 8.53. The zero-order valence-electron chi connectivity index (χ0n) is 24.5. The van der Waals surface area contributed by atoms with Gasteiger partial charge in [-0.1, -0.05) is 24.3 Å². The number of carbonyl (C=O) groups excluding carboxylic acids is 3. The van der Waals surface area contributed by atoms with Gasteiger partial charge < -0.3 is 31.6 Å². The fourth-order valence-electron chi connectivity index (χ4n) is 6.14. The summed E-state index contributed by atoms with van der Waals surface area (Å²) in [5, 5.41) is 4.46. The number of carbonyl (C=O) groups is 3. The standard InChI is InChI=1S/C34H33FN6O3/c1-40-15-14-22(18-40)41(2)34(44)20-8-11-25-29(16-20)38-31-26(32(37)42)13-12-24(30(25)31)23-4-3-5-28(27(23)17-36)39-33(43)19-6-9-21(35)10-7-19/h3-13,16,22,38H,14-15,17-18,36H2,1-2H3,(H2,37,42)(H,39,43). The molecular formula is C34H33FN6O3. The minimum Gasteiger partial charge on any atom is -0.366 e. The Hall–Kier alpha value is -5.06. The van der Waals surface area contributed by atoms with E-state index in [0.717, 1.165) is 41.4 Å². The van der Waals surface area contributed by atoms with Crippen molar-refractivity contribution < 1.29 is 18.8 Å². The summed E-state index contributed by atoms with van der Waals surface area (Å²) >= 11 is 0. The summed E-state index contributed by atoms with van der Waals surface area (Å²) in [5.74, 6) is -1.49. The Labute approximate surface area is 253 Å². The molecule has 1 fully saturated rings. The molecule has 9 nitrogen and oxygen atoms in total. The SMILES string of the molecule is CN1CCC(N(C)C(=O)c2ccc3c(c2)[nH]c2c(C(N)=O)ccc(-c4cccc(NC(=O)c5ccc(F)cc5)c4CN)c23)C1. The minimum absolute atomic E-state index is 0.0729. The second-order valence-electron chi connectivity index (χ2n) is 11.3. The Balaban J connectivity index is 1.45. The number of primary amides is 1. The van der Waals surface area contributed by atoms with Gasteiger partial charge in [-0.3, -0.25) is 14.4 Å². The minimum atomic E-state index is -0.589. The van der Waals surface area contributed by atoms with Crippen LogP contribution < -0.4 is 16.8 Å². The van der Waals surface area contributed by atoms with Crippen LogP contribution in [0.5, 0.6) is 0 Å². The zero-order chi connectivity index (χ0) is 31.1. The smallest absolute Gasteiger partial charge is 0.255 e. The fraction of sp³-hybridized carbons (Fsp3) is 0.206. The number of halogens is 1. The maximum absolute atomic E-state index is 13.4. The van der Waals surface area contributed by atoms with Crippen LogP contribution in [0.15, 0.2) is 72.8 Å². The first-order valence-electron chi connectivity index (χ1n) is 14.4. The Morgan fingerprint density at radius 3 is 2.45 bits per heavy atom. The second-order valence-corrected chi connectivity index (χ2v) is 11.3. The van der Waals surface area contributed by atoms with Crippen molar-refractivity contribution in [3.05, 3.63) is 101 Å². The van der Waals surface area contributed by atoms with Gasteiger partial charge in [-0.2, -0.15) is 0 Å². The molecule has 44 heavy (non-hydrogen) atoms. The summed E-state index contributed by atoms with van der Waals surface area (Å²) in [6, 6.07) is 19.9. The van der Waals surface area contributed by atoms with E-state index in [1.165, 1.54) is 24.3 Å². The molecular weight excluding hydrogens is 559 g/mol. The number of amides is 3. The van der Waals surface area contributed by atoms with Crippen molar-refractivity contribution in [1.29, 1.82) is 0 Å². The molecule has 6 rings (SSSR count). The molecule has 0 spiro atoms. The van der Waals surface area contributed by atoms with Gasteiger partial charge in [0.25, 0.3) is 17.7 Å². The van der Waals surface area contributed by atoms with E-state index in [2.05, 4.69) is 15.2 Å². The van der Waals surface area contributed by atoms with Crippen molar-refractivity contribution in [2.75, 3.05) is 32.5 Å². The second kappa shape index (κ2) is 11.6. The topological polar surface area (TPSA) is 138 Å². The van der Waals surface area contributed by atoms with Gasteiger partial charge in [-0.05, 0) is 85.2 Å². The number of nitrogens with one attached hydrogen (secondary N) is 2. The summed E-state index contributed by atoms with van der Waals surface area (Å²) in [6.07, 6.45) is 0.922. The average Bonchev–Trinajstić information content (AvgIpc) is 3.63. The molecule has 4 aromatic carbocycles. The first-order chi connectivity index (χ1) is 21.2. The highest BCUT2D eigenvalue weighted by atomic mass is 19.1. The molecule has 10 heteroatoms. The average molecular weight is 593 g/mol. The van der Waals surface area contributed by atoms with Crippen molar-refractivity contribution in [3.63, 3.8) is 0 Å². The van der Waals surface area contributed by atoms with Crippen molar-refractivity contribution in [3.8, 4) is 11.1 Å². The lowest BCUT2D eigenvalue weighted by Gasteiger charge is -2.24. The molecule has 1 saturated heterocycles. The number of fused-ring (bicyclic) bond motifs is 3. The Morgan fingerprint density at radius 1 is 1.02 bits per heavy atom. The number of anilines is 1. The van der Waals surface area contributed by atoms with E-state index in [-0.39, 0.29) is 18.5 Å². The molecule has 0 aliphatic carbocycles. The predicted molar refractivity (Wildman–Crippen MR) is 170 cm³/mol. The molecule has 1 atom stereocenters. The van der Waals surface area contributed by atoms with Crippen molar-refractivity contribution in [2.24, 2.45) is 11.5 Å². The number of likely N-dealkylation sites (N-methyl/N-ethyl adjacent to an activating group) is 2. The van der Waals surface area contributed by atoms with Crippen LogP contribution in [0, 0.1) is 5.82 Å². The Kier molecular flexibility index (Phi) is 7.62. The molecule has 1 aliphatic rings. The van der Waals surface area contributed by atoms with Crippen LogP contribution in [0.25, 0.3) is 32.9 Å². The number of aromatic nitrogens is 1. The van der Waals surface area contributed by atoms with Gasteiger partial charge in [0.05, 0.1) is 11.1 Å². The van der Waals surface area contributed by atoms with E-state index in [1.54, 1.807) is 23.1 Å². The number of hydrogen-bond donors (Lipinski definition) is 4. The molecule has 224 valence electrons. The largest absolute Gasteiger partial charge is 0.366 e. The van der Waals surface area contributed by atoms with Gasteiger partial charge in [0.2, 0.25) is 0 Å². The lowest BCUT2D eigenvalue weighted by molar-refractivity contribution is 0.0737. The highest BCUT2D eigenvalue weighted by Gasteiger charge is 2.27. The number of nitrogens with two attached hydrogens (primary N) is 2. The van der Waals surface area contributed by atoms with Gasteiger partial charge in [0, 0.05) is 59.3 Å². The molecule has 3 amide bonds. The van der Waals surface area contributed by atoms with Crippen LogP contribution in [0.4, 0.5) is 10.1 Å². The molecule has 2 heterocycles. The molecule has 1 unspecified atom stereocenters. The van der Waals surface area contributed by atoms with Gasteiger partial charge >= 0.3 is 0 Å². The number of hydrogen-bond acceptors (Lipinski definition) is 5. The number of aromatic amines is 1. The molecule has 0 radical (unpaired) electrons. The monoisotopic (exact) mass is 592 g/mol. The normalized spacial score (nSPS) is 15.1. The number of benzene rings is 4. The third-order valence-corrected chi connectivity index (χ3v) is 8.53.